The van der Waals surface area contributed by atoms with Gasteiger partial charge in [0.25, 0.3) is 5.91 Å². The summed E-state index contributed by atoms with van der Waals surface area (Å²) >= 11 is 1.35. The van der Waals surface area contributed by atoms with E-state index in [2.05, 4.69) is 16.0 Å². The number of likely N-dealkylation sites (tertiary alicyclic amines) is 1. The molecule has 2 fully saturated rings. The Bertz CT molecular complexity index is 519. The van der Waals surface area contributed by atoms with Crippen LogP contribution in [0.5, 0.6) is 0 Å². The monoisotopic (exact) mass is 308 g/mol. The maximum Gasteiger partial charge on any atom is 0.263 e. The SMILES string of the molecule is O=C(Nc1ccc(C(=O)N2CCCC2)s1)C1CNCCN1. The highest BCUT2D eigenvalue weighted by Crippen LogP contribution is 2.24. The average molecular weight is 308 g/mol. The van der Waals surface area contributed by atoms with Gasteiger partial charge in [0.1, 0.15) is 0 Å². The van der Waals surface area contributed by atoms with E-state index in [1.807, 2.05) is 11.0 Å². The molecule has 2 amide bonds. The van der Waals surface area contributed by atoms with Gasteiger partial charge in [-0.2, -0.15) is 0 Å². The molecule has 1 aromatic heterocycles. The first-order valence-corrected chi connectivity index (χ1v) is 8.20. The maximum atomic E-state index is 12.2. The molecule has 7 heteroatoms. The van der Waals surface area contributed by atoms with Crippen LogP contribution in [0.25, 0.3) is 0 Å². The molecule has 2 saturated heterocycles. The lowest BCUT2D eigenvalue weighted by Crippen LogP contribution is -2.53. The first kappa shape index (κ1) is 14.5. The first-order chi connectivity index (χ1) is 10.2. The van der Waals surface area contributed by atoms with Crippen molar-refractivity contribution in [2.45, 2.75) is 18.9 Å². The van der Waals surface area contributed by atoms with Crippen molar-refractivity contribution in [1.82, 2.24) is 15.5 Å². The van der Waals surface area contributed by atoms with Crippen LogP contribution in [0.15, 0.2) is 12.1 Å². The Morgan fingerprint density at radius 2 is 2.05 bits per heavy atom. The van der Waals surface area contributed by atoms with Crippen molar-refractivity contribution in [1.29, 1.82) is 0 Å². The third-order valence-corrected chi connectivity index (χ3v) is 4.80. The minimum absolute atomic E-state index is 0.0516. The Balaban J connectivity index is 1.59. The van der Waals surface area contributed by atoms with Crippen molar-refractivity contribution in [3.05, 3.63) is 17.0 Å². The molecule has 2 aliphatic rings. The number of nitrogens with zero attached hydrogens (tertiary/aromatic N) is 1. The van der Waals surface area contributed by atoms with Gasteiger partial charge in [-0.05, 0) is 25.0 Å². The fourth-order valence-electron chi connectivity index (χ4n) is 2.64. The van der Waals surface area contributed by atoms with E-state index < -0.39 is 0 Å². The number of hydrogen-bond donors (Lipinski definition) is 3. The van der Waals surface area contributed by atoms with Gasteiger partial charge < -0.3 is 20.9 Å². The van der Waals surface area contributed by atoms with Crippen molar-refractivity contribution >= 4 is 28.2 Å². The molecule has 6 nitrogen and oxygen atoms in total. The Labute approximate surface area is 127 Å². The second-order valence-corrected chi connectivity index (χ2v) is 6.45. The molecule has 0 saturated carbocycles. The summed E-state index contributed by atoms with van der Waals surface area (Å²) in [7, 11) is 0. The molecule has 3 heterocycles. The summed E-state index contributed by atoms with van der Waals surface area (Å²) in [5, 5.41) is 9.96. The lowest BCUT2D eigenvalue weighted by atomic mass is 10.2. The Morgan fingerprint density at radius 3 is 2.76 bits per heavy atom. The predicted octanol–water partition coefficient (Wildman–Crippen LogP) is 0.484. The summed E-state index contributed by atoms with van der Waals surface area (Å²) < 4.78 is 0. The summed E-state index contributed by atoms with van der Waals surface area (Å²) in [4.78, 5) is 26.9. The highest BCUT2D eigenvalue weighted by molar-refractivity contribution is 7.18. The van der Waals surface area contributed by atoms with Crippen molar-refractivity contribution in [3.63, 3.8) is 0 Å². The molecular formula is C14H20N4O2S. The van der Waals surface area contributed by atoms with Crippen molar-refractivity contribution < 1.29 is 9.59 Å². The molecule has 1 atom stereocenters. The quantitative estimate of drug-likeness (QED) is 0.759. The highest BCUT2D eigenvalue weighted by atomic mass is 32.1. The van der Waals surface area contributed by atoms with Crippen LogP contribution >= 0.6 is 11.3 Å². The summed E-state index contributed by atoms with van der Waals surface area (Å²) in [6, 6.07) is 3.40. The van der Waals surface area contributed by atoms with Crippen LogP contribution < -0.4 is 16.0 Å². The van der Waals surface area contributed by atoms with Gasteiger partial charge in [-0.15, -0.1) is 11.3 Å². The molecule has 0 aliphatic carbocycles. The molecule has 21 heavy (non-hydrogen) atoms. The fourth-order valence-corrected chi connectivity index (χ4v) is 3.52. The normalized spacial score (nSPS) is 22.3. The molecular weight excluding hydrogens is 288 g/mol. The summed E-state index contributed by atoms with van der Waals surface area (Å²) in [6.45, 7) is 4.00. The van der Waals surface area contributed by atoms with E-state index in [0.717, 1.165) is 44.0 Å². The van der Waals surface area contributed by atoms with Gasteiger partial charge >= 0.3 is 0 Å². The Morgan fingerprint density at radius 1 is 1.24 bits per heavy atom. The van der Waals surface area contributed by atoms with Gasteiger partial charge in [0.2, 0.25) is 5.91 Å². The molecule has 0 radical (unpaired) electrons. The number of carbonyl (C=O) groups is 2. The number of carbonyl (C=O) groups excluding carboxylic acids is 2. The van der Waals surface area contributed by atoms with Crippen molar-refractivity contribution in [3.8, 4) is 0 Å². The summed E-state index contributed by atoms with van der Waals surface area (Å²) in [6.07, 6.45) is 2.17. The number of amides is 2. The van der Waals surface area contributed by atoms with Gasteiger partial charge in [-0.3, -0.25) is 9.59 Å². The second-order valence-electron chi connectivity index (χ2n) is 5.36. The molecule has 1 aromatic rings. The third kappa shape index (κ3) is 3.42. The molecule has 3 rings (SSSR count). The van der Waals surface area contributed by atoms with E-state index in [9.17, 15) is 9.59 Å². The minimum atomic E-state index is -0.210. The Hall–Kier alpha value is -1.44. The van der Waals surface area contributed by atoms with Crippen LogP contribution in [-0.4, -0.2) is 55.5 Å². The zero-order chi connectivity index (χ0) is 14.7. The topological polar surface area (TPSA) is 73.5 Å². The van der Waals surface area contributed by atoms with Crippen molar-refractivity contribution in [2.24, 2.45) is 0 Å². The lowest BCUT2D eigenvalue weighted by molar-refractivity contribution is -0.118. The molecule has 0 aromatic carbocycles. The average Bonchev–Trinajstić information content (AvgIpc) is 3.19. The van der Waals surface area contributed by atoms with E-state index in [1.165, 1.54) is 11.3 Å². The van der Waals surface area contributed by atoms with E-state index in [-0.39, 0.29) is 17.9 Å². The van der Waals surface area contributed by atoms with Crippen LogP contribution in [-0.2, 0) is 4.79 Å². The van der Waals surface area contributed by atoms with Crippen LogP contribution in [0.4, 0.5) is 5.00 Å². The molecule has 0 bridgehead atoms. The molecule has 2 aliphatic heterocycles. The number of hydrogen-bond acceptors (Lipinski definition) is 5. The van der Waals surface area contributed by atoms with Crippen LogP contribution in [0, 0.1) is 0 Å². The van der Waals surface area contributed by atoms with E-state index in [0.29, 0.717) is 11.4 Å². The smallest absolute Gasteiger partial charge is 0.263 e. The van der Waals surface area contributed by atoms with Crippen LogP contribution in [0.1, 0.15) is 22.5 Å². The van der Waals surface area contributed by atoms with Gasteiger partial charge in [-0.1, -0.05) is 0 Å². The summed E-state index contributed by atoms with van der Waals surface area (Å²) in [5.41, 5.74) is 0. The van der Waals surface area contributed by atoms with Gasteiger partial charge in [0.15, 0.2) is 0 Å². The van der Waals surface area contributed by atoms with Gasteiger partial charge in [-0.25, -0.2) is 0 Å². The lowest BCUT2D eigenvalue weighted by Gasteiger charge is -2.23. The number of anilines is 1. The molecule has 0 spiro atoms. The van der Waals surface area contributed by atoms with Crippen molar-refractivity contribution in [2.75, 3.05) is 38.0 Å². The van der Waals surface area contributed by atoms with Crippen LogP contribution in [0.3, 0.4) is 0 Å². The second kappa shape index (κ2) is 6.55. The molecule has 1 unspecified atom stereocenters. The van der Waals surface area contributed by atoms with E-state index in [4.69, 9.17) is 0 Å². The largest absolute Gasteiger partial charge is 0.338 e. The molecule has 3 N–H and O–H groups in total. The van der Waals surface area contributed by atoms with Gasteiger partial charge in [0, 0.05) is 32.7 Å². The zero-order valence-electron chi connectivity index (χ0n) is 11.9. The number of piperazine rings is 1. The first-order valence-electron chi connectivity index (χ1n) is 7.38. The standard InChI is InChI=1S/C14H20N4O2S/c19-13(10-9-15-5-6-16-10)17-12-4-3-11(21-12)14(20)18-7-1-2-8-18/h3-4,10,15-16H,1-2,5-9H2,(H,17,19). The van der Waals surface area contributed by atoms with Gasteiger partial charge in [0.05, 0.1) is 15.9 Å². The Kier molecular flexibility index (Phi) is 4.52. The zero-order valence-corrected chi connectivity index (χ0v) is 12.7. The third-order valence-electron chi connectivity index (χ3n) is 3.81. The summed E-state index contributed by atoms with van der Waals surface area (Å²) in [5.74, 6) is 0.0275. The van der Waals surface area contributed by atoms with E-state index >= 15 is 0 Å². The molecule has 114 valence electrons. The number of rotatable bonds is 3. The van der Waals surface area contributed by atoms with Crippen LogP contribution in [0.2, 0.25) is 0 Å². The highest BCUT2D eigenvalue weighted by Gasteiger charge is 2.23. The van der Waals surface area contributed by atoms with E-state index in [1.54, 1.807) is 6.07 Å². The fraction of sp³-hybridized carbons (Fsp3) is 0.571. The maximum absolute atomic E-state index is 12.2. The number of thiophene rings is 1. The number of nitrogens with one attached hydrogen (secondary N) is 3. The minimum Gasteiger partial charge on any atom is -0.338 e. The predicted molar refractivity (Wildman–Crippen MR) is 82.7 cm³/mol.